The van der Waals surface area contributed by atoms with Crippen LogP contribution in [0.5, 0.6) is 0 Å². The Morgan fingerprint density at radius 3 is 2.67 bits per heavy atom. The second kappa shape index (κ2) is 7.27. The van der Waals surface area contributed by atoms with Gasteiger partial charge in [-0.3, -0.25) is 4.79 Å². The van der Waals surface area contributed by atoms with Crippen LogP contribution >= 0.6 is 0 Å². The molecular formula is C7H15O4Si. The van der Waals surface area contributed by atoms with Gasteiger partial charge in [-0.15, -0.1) is 0 Å². The Bertz CT molecular complexity index is 129. The normalized spacial score (nSPS) is 10.3. The highest BCUT2D eigenvalue weighted by Gasteiger charge is 2.12. The van der Waals surface area contributed by atoms with Gasteiger partial charge in [0.2, 0.25) is 0 Å². The fraction of sp³-hybridized carbons (Fsp3) is 0.857. The molecule has 0 saturated heterocycles. The zero-order valence-corrected chi connectivity index (χ0v) is 8.75. The van der Waals surface area contributed by atoms with Crippen molar-refractivity contribution >= 4 is 15.3 Å². The van der Waals surface area contributed by atoms with Gasteiger partial charge in [0.1, 0.15) is 6.61 Å². The maximum atomic E-state index is 10.9. The van der Waals surface area contributed by atoms with E-state index in [9.17, 15) is 4.79 Å². The van der Waals surface area contributed by atoms with Gasteiger partial charge in [-0.25, -0.2) is 0 Å². The summed E-state index contributed by atoms with van der Waals surface area (Å²) in [5, 5.41) is 0. The molecule has 0 aliphatic carbocycles. The summed E-state index contributed by atoms with van der Waals surface area (Å²) >= 11 is 0. The second-order valence-corrected chi connectivity index (χ2v) is 3.82. The largest absolute Gasteiger partial charge is 0.490 e. The number of carbonyl (C=O) groups excluding carboxylic acids is 1. The maximum Gasteiger partial charge on any atom is 0.456 e. The van der Waals surface area contributed by atoms with Crippen LogP contribution in [0.2, 0.25) is 6.55 Å². The third kappa shape index (κ3) is 6.33. The van der Waals surface area contributed by atoms with Crippen LogP contribution in [0.4, 0.5) is 0 Å². The van der Waals surface area contributed by atoms with Gasteiger partial charge in [0, 0.05) is 13.7 Å². The highest BCUT2D eigenvalue weighted by atomic mass is 28.3. The molecule has 0 aromatic carbocycles. The highest BCUT2D eigenvalue weighted by Crippen LogP contribution is 1.89. The van der Waals surface area contributed by atoms with E-state index in [-0.39, 0.29) is 12.6 Å². The van der Waals surface area contributed by atoms with Crippen molar-refractivity contribution in [2.45, 2.75) is 19.9 Å². The predicted molar refractivity (Wildman–Crippen MR) is 45.8 cm³/mol. The Kier molecular flexibility index (Phi) is 7.03. The van der Waals surface area contributed by atoms with E-state index in [1.54, 1.807) is 6.55 Å². The van der Waals surface area contributed by atoms with Crippen molar-refractivity contribution in [2.24, 2.45) is 0 Å². The SMILES string of the molecule is CCCOCC(=O)O[Si](C)OC. The van der Waals surface area contributed by atoms with Crippen molar-refractivity contribution in [3.05, 3.63) is 0 Å². The van der Waals surface area contributed by atoms with Crippen molar-refractivity contribution in [3.63, 3.8) is 0 Å². The molecule has 12 heavy (non-hydrogen) atoms. The molecule has 1 radical (unpaired) electrons. The van der Waals surface area contributed by atoms with Crippen LogP contribution in [0.1, 0.15) is 13.3 Å². The minimum absolute atomic E-state index is 0.0270. The van der Waals surface area contributed by atoms with Gasteiger partial charge >= 0.3 is 15.3 Å². The summed E-state index contributed by atoms with van der Waals surface area (Å²) in [4.78, 5) is 10.9. The lowest BCUT2D eigenvalue weighted by Gasteiger charge is -2.07. The molecule has 0 saturated carbocycles. The smallest absolute Gasteiger partial charge is 0.456 e. The third-order valence-corrected chi connectivity index (χ3v) is 2.20. The summed E-state index contributed by atoms with van der Waals surface area (Å²) in [5.41, 5.74) is 0. The molecule has 0 atom stereocenters. The summed E-state index contributed by atoms with van der Waals surface area (Å²) < 4.78 is 14.7. The van der Waals surface area contributed by atoms with E-state index in [0.717, 1.165) is 6.42 Å². The van der Waals surface area contributed by atoms with Crippen molar-refractivity contribution in [2.75, 3.05) is 20.3 Å². The minimum atomic E-state index is -1.39. The fourth-order valence-corrected chi connectivity index (χ4v) is 0.994. The second-order valence-electron chi connectivity index (χ2n) is 2.22. The van der Waals surface area contributed by atoms with E-state index < -0.39 is 9.28 Å². The molecule has 0 bridgehead atoms. The van der Waals surface area contributed by atoms with E-state index in [4.69, 9.17) is 13.6 Å². The monoisotopic (exact) mass is 191 g/mol. The number of ether oxygens (including phenoxy) is 1. The fourth-order valence-electron chi connectivity index (χ4n) is 0.531. The average Bonchev–Trinajstić information content (AvgIpc) is 2.05. The van der Waals surface area contributed by atoms with Gasteiger partial charge in [0.15, 0.2) is 0 Å². The van der Waals surface area contributed by atoms with Crippen LogP contribution in [0.15, 0.2) is 0 Å². The molecule has 0 N–H and O–H groups in total. The topological polar surface area (TPSA) is 44.8 Å². The van der Waals surface area contributed by atoms with Gasteiger partial charge < -0.3 is 13.6 Å². The molecule has 0 unspecified atom stereocenters. The predicted octanol–water partition coefficient (Wildman–Crippen LogP) is 0.721. The number of hydrogen-bond acceptors (Lipinski definition) is 4. The van der Waals surface area contributed by atoms with Crippen molar-refractivity contribution < 1.29 is 18.4 Å². The standard InChI is InChI=1S/C7H15O4Si/c1-4-5-10-6-7(8)11-12(3)9-2/h4-6H2,1-3H3. The zero-order valence-electron chi connectivity index (χ0n) is 7.75. The first-order valence-electron chi connectivity index (χ1n) is 3.86. The lowest BCUT2D eigenvalue weighted by atomic mass is 10.5. The van der Waals surface area contributed by atoms with Crippen LogP contribution in [-0.4, -0.2) is 35.6 Å². The highest BCUT2D eigenvalue weighted by molar-refractivity contribution is 6.44. The molecule has 0 aliphatic heterocycles. The van der Waals surface area contributed by atoms with Crippen molar-refractivity contribution in [1.82, 2.24) is 0 Å². The van der Waals surface area contributed by atoms with Crippen LogP contribution in [-0.2, 0) is 18.4 Å². The van der Waals surface area contributed by atoms with Gasteiger partial charge in [0.05, 0.1) is 0 Å². The van der Waals surface area contributed by atoms with Crippen molar-refractivity contribution in [1.29, 1.82) is 0 Å². The quantitative estimate of drug-likeness (QED) is 0.458. The van der Waals surface area contributed by atoms with Gasteiger partial charge in [-0.05, 0) is 13.0 Å². The van der Waals surface area contributed by atoms with Crippen molar-refractivity contribution in [3.8, 4) is 0 Å². The summed E-state index contributed by atoms with van der Waals surface area (Å²) in [6, 6.07) is 0. The lowest BCUT2D eigenvalue weighted by molar-refractivity contribution is -0.140. The van der Waals surface area contributed by atoms with Gasteiger partial charge in [0.25, 0.3) is 0 Å². The number of hydrogen-bond donors (Lipinski definition) is 0. The van der Waals surface area contributed by atoms with Crippen LogP contribution in [0, 0.1) is 0 Å². The minimum Gasteiger partial charge on any atom is -0.490 e. The summed E-state index contributed by atoms with van der Waals surface area (Å²) in [6.07, 6.45) is 0.904. The first-order chi connectivity index (χ1) is 5.70. The Labute approximate surface area is 74.7 Å². The molecule has 0 amide bonds. The van der Waals surface area contributed by atoms with E-state index in [0.29, 0.717) is 6.61 Å². The lowest BCUT2D eigenvalue weighted by Crippen LogP contribution is -2.24. The summed E-state index contributed by atoms with van der Waals surface area (Å²) in [6.45, 7) is 4.35. The van der Waals surface area contributed by atoms with Crippen LogP contribution < -0.4 is 0 Å². The van der Waals surface area contributed by atoms with Gasteiger partial charge in [-0.2, -0.15) is 0 Å². The van der Waals surface area contributed by atoms with E-state index in [2.05, 4.69) is 0 Å². The molecular weight excluding hydrogens is 176 g/mol. The van der Waals surface area contributed by atoms with Crippen LogP contribution in [0.3, 0.4) is 0 Å². The average molecular weight is 191 g/mol. The molecule has 0 rings (SSSR count). The molecule has 0 aromatic rings. The van der Waals surface area contributed by atoms with Crippen LogP contribution in [0.25, 0.3) is 0 Å². The summed E-state index contributed by atoms with van der Waals surface area (Å²) in [5.74, 6) is -0.346. The first-order valence-corrected chi connectivity index (χ1v) is 5.68. The molecule has 0 heterocycles. The Morgan fingerprint density at radius 2 is 2.17 bits per heavy atom. The van der Waals surface area contributed by atoms with E-state index in [1.165, 1.54) is 7.11 Å². The molecule has 4 nitrogen and oxygen atoms in total. The van der Waals surface area contributed by atoms with E-state index in [1.807, 2.05) is 6.92 Å². The molecule has 0 aromatic heterocycles. The molecule has 0 spiro atoms. The van der Waals surface area contributed by atoms with Gasteiger partial charge in [-0.1, -0.05) is 6.92 Å². The third-order valence-electron chi connectivity index (χ3n) is 1.11. The molecule has 0 fully saturated rings. The Hall–Kier alpha value is -0.393. The first kappa shape index (κ1) is 11.6. The Morgan fingerprint density at radius 1 is 1.50 bits per heavy atom. The Balaban J connectivity index is 3.33. The molecule has 5 heteroatoms. The zero-order chi connectivity index (χ0) is 9.40. The number of carbonyl (C=O) groups is 1. The number of rotatable bonds is 6. The summed E-state index contributed by atoms with van der Waals surface area (Å²) in [7, 11) is 0.128. The van der Waals surface area contributed by atoms with E-state index >= 15 is 0 Å². The molecule has 0 aliphatic rings. The molecule has 71 valence electrons. The maximum absolute atomic E-state index is 10.9.